The van der Waals surface area contributed by atoms with Crippen molar-refractivity contribution in [1.82, 2.24) is 19.9 Å². The van der Waals surface area contributed by atoms with Gasteiger partial charge in [-0.15, -0.1) is 0 Å². The molecule has 5 heterocycles. The topological polar surface area (TPSA) is 79.5 Å². The van der Waals surface area contributed by atoms with Gasteiger partial charge in [-0.05, 0) is 45.2 Å². The lowest BCUT2D eigenvalue weighted by Crippen LogP contribution is -2.47. The molecule has 2 bridgehead atoms. The summed E-state index contributed by atoms with van der Waals surface area (Å²) in [5.74, 6) is 0.927. The lowest BCUT2D eigenvalue weighted by molar-refractivity contribution is -0.140. The first-order chi connectivity index (χ1) is 13.5. The molecule has 5 rings (SSSR count). The maximum absolute atomic E-state index is 13.0. The van der Waals surface area contributed by atoms with Gasteiger partial charge >= 0.3 is 0 Å². The number of amides is 2. The average Bonchev–Trinajstić information content (AvgIpc) is 2.87. The highest BCUT2D eigenvalue weighted by Crippen LogP contribution is 2.30. The lowest BCUT2D eigenvalue weighted by Gasteiger charge is -2.35. The molecule has 0 aliphatic carbocycles. The first-order valence-corrected chi connectivity index (χ1v) is 9.93. The fourth-order valence-electron chi connectivity index (χ4n) is 4.37. The van der Waals surface area contributed by atoms with Crippen LogP contribution in [0.1, 0.15) is 42.0 Å². The van der Waals surface area contributed by atoms with Gasteiger partial charge in [0.1, 0.15) is 5.76 Å². The van der Waals surface area contributed by atoms with Crippen LogP contribution in [-0.2, 0) is 22.6 Å². The number of fused-ring (bicyclic) bond motifs is 4. The van der Waals surface area contributed by atoms with Crippen molar-refractivity contribution in [1.29, 1.82) is 0 Å². The summed E-state index contributed by atoms with van der Waals surface area (Å²) < 4.78 is 5.19. The number of aromatic nitrogens is 2. The molecule has 7 nitrogen and oxygen atoms in total. The zero-order valence-electron chi connectivity index (χ0n) is 16.4. The lowest BCUT2D eigenvalue weighted by atomic mass is 9.94. The highest BCUT2D eigenvalue weighted by atomic mass is 16.5. The van der Waals surface area contributed by atoms with Gasteiger partial charge in [0.15, 0.2) is 0 Å². The van der Waals surface area contributed by atoms with E-state index in [1.165, 1.54) is 0 Å². The van der Waals surface area contributed by atoms with Gasteiger partial charge in [-0.1, -0.05) is 11.2 Å². The fourth-order valence-corrected chi connectivity index (χ4v) is 4.37. The van der Waals surface area contributed by atoms with Crippen molar-refractivity contribution < 1.29 is 14.1 Å². The zero-order valence-corrected chi connectivity index (χ0v) is 16.4. The van der Waals surface area contributed by atoms with E-state index >= 15 is 0 Å². The van der Waals surface area contributed by atoms with Gasteiger partial charge < -0.3 is 14.3 Å². The molecule has 3 aliphatic heterocycles. The third-order valence-corrected chi connectivity index (χ3v) is 5.97. The summed E-state index contributed by atoms with van der Waals surface area (Å²) in [6.45, 7) is 5.42. The van der Waals surface area contributed by atoms with Crippen molar-refractivity contribution in [2.24, 2.45) is 5.92 Å². The van der Waals surface area contributed by atoms with Crippen LogP contribution in [0.2, 0.25) is 0 Å². The average molecular weight is 382 g/mol. The maximum atomic E-state index is 13.0. The van der Waals surface area contributed by atoms with E-state index in [1.54, 1.807) is 6.20 Å². The van der Waals surface area contributed by atoms with Crippen LogP contribution in [-0.4, -0.2) is 50.9 Å². The fraction of sp³-hybridized carbons (Fsp3) is 0.524. The Morgan fingerprint density at radius 3 is 2.82 bits per heavy atom. The second-order valence-corrected chi connectivity index (χ2v) is 7.82. The molecule has 148 valence electrons. The zero-order chi connectivity index (χ0) is 19.7. The van der Waals surface area contributed by atoms with Crippen molar-refractivity contribution >= 4 is 11.8 Å². The number of carbonyl (C=O) groups excluding carboxylic acids is 2. The SMILES string of the molecule is Cc1noc(C)c1CCC(=O)N1C[C@H]2CC[C@@H](C1)N(Cc1ccccn1)C2=O. The maximum Gasteiger partial charge on any atom is 0.228 e. The summed E-state index contributed by atoms with van der Waals surface area (Å²) in [6.07, 6.45) is 4.58. The summed E-state index contributed by atoms with van der Waals surface area (Å²) >= 11 is 0. The standard InChI is InChI=1S/C21H26N4O3/c1-14-19(15(2)28-23-14)8-9-20(26)24-11-16-6-7-18(13-24)25(21(16)27)12-17-5-3-4-10-22-17/h3-5,10,16,18H,6-9,11-13H2,1-2H3/t16-,18+/m1/s1. The van der Waals surface area contributed by atoms with Gasteiger partial charge in [0.25, 0.3) is 0 Å². The largest absolute Gasteiger partial charge is 0.361 e. The smallest absolute Gasteiger partial charge is 0.228 e. The van der Waals surface area contributed by atoms with Crippen molar-refractivity contribution in [2.45, 2.75) is 52.1 Å². The first kappa shape index (κ1) is 18.7. The van der Waals surface area contributed by atoms with E-state index in [9.17, 15) is 9.59 Å². The molecular weight excluding hydrogens is 356 g/mol. The molecule has 0 N–H and O–H groups in total. The molecule has 0 unspecified atom stereocenters. The van der Waals surface area contributed by atoms with Gasteiger partial charge in [0.2, 0.25) is 11.8 Å². The van der Waals surface area contributed by atoms with E-state index in [1.807, 2.05) is 41.8 Å². The number of pyridine rings is 1. The Kier molecular flexibility index (Phi) is 5.15. The molecule has 3 saturated heterocycles. The van der Waals surface area contributed by atoms with Crippen LogP contribution in [0.5, 0.6) is 0 Å². The van der Waals surface area contributed by atoms with E-state index in [0.717, 1.165) is 35.6 Å². The van der Waals surface area contributed by atoms with Crippen LogP contribution in [0.3, 0.4) is 0 Å². The third-order valence-electron chi connectivity index (χ3n) is 5.97. The minimum Gasteiger partial charge on any atom is -0.361 e. The molecular formula is C21H26N4O3. The molecule has 2 aromatic rings. The van der Waals surface area contributed by atoms with Gasteiger partial charge in [-0.25, -0.2) is 0 Å². The molecule has 2 aromatic heterocycles. The van der Waals surface area contributed by atoms with E-state index < -0.39 is 0 Å². The number of aryl methyl sites for hydroxylation is 2. The molecule has 0 radical (unpaired) electrons. The van der Waals surface area contributed by atoms with Crippen molar-refractivity contribution in [3.8, 4) is 0 Å². The molecule has 0 aromatic carbocycles. The van der Waals surface area contributed by atoms with Crippen LogP contribution in [0.15, 0.2) is 28.9 Å². The summed E-state index contributed by atoms with van der Waals surface area (Å²) in [7, 11) is 0. The van der Waals surface area contributed by atoms with E-state index in [-0.39, 0.29) is 23.8 Å². The van der Waals surface area contributed by atoms with Gasteiger partial charge in [-0.2, -0.15) is 0 Å². The predicted molar refractivity (Wildman–Crippen MR) is 102 cm³/mol. The molecule has 2 atom stereocenters. The quantitative estimate of drug-likeness (QED) is 0.793. The summed E-state index contributed by atoms with van der Waals surface area (Å²) in [4.78, 5) is 34.0. The number of hydrogen-bond acceptors (Lipinski definition) is 5. The van der Waals surface area contributed by atoms with Crippen LogP contribution >= 0.6 is 0 Å². The van der Waals surface area contributed by atoms with Crippen LogP contribution < -0.4 is 0 Å². The monoisotopic (exact) mass is 382 g/mol. The number of carbonyl (C=O) groups is 2. The Morgan fingerprint density at radius 1 is 1.25 bits per heavy atom. The second kappa shape index (κ2) is 7.73. The van der Waals surface area contributed by atoms with E-state index in [2.05, 4.69) is 10.1 Å². The molecule has 3 aliphatic rings. The van der Waals surface area contributed by atoms with Gasteiger partial charge in [0, 0.05) is 37.3 Å². The summed E-state index contributed by atoms with van der Waals surface area (Å²) in [6, 6.07) is 5.82. The molecule has 0 saturated carbocycles. The Labute approximate surface area is 164 Å². The number of rotatable bonds is 5. The van der Waals surface area contributed by atoms with Crippen LogP contribution in [0.25, 0.3) is 0 Å². The number of piperidine rings is 1. The molecule has 28 heavy (non-hydrogen) atoms. The van der Waals surface area contributed by atoms with E-state index in [4.69, 9.17) is 4.52 Å². The normalized spacial score (nSPS) is 21.9. The Hall–Kier alpha value is -2.70. The first-order valence-electron chi connectivity index (χ1n) is 9.93. The minimum absolute atomic E-state index is 0.0660. The highest BCUT2D eigenvalue weighted by molar-refractivity contribution is 5.83. The number of hydrogen-bond donors (Lipinski definition) is 0. The minimum atomic E-state index is -0.106. The molecule has 2 amide bonds. The Bertz CT molecular complexity index is 844. The Balaban J connectivity index is 1.43. The Morgan fingerprint density at radius 2 is 2.11 bits per heavy atom. The summed E-state index contributed by atoms with van der Waals surface area (Å²) in [5, 5.41) is 3.96. The second-order valence-electron chi connectivity index (χ2n) is 7.82. The van der Waals surface area contributed by atoms with Gasteiger partial charge in [-0.3, -0.25) is 14.6 Å². The number of nitrogens with zero attached hydrogens (tertiary/aromatic N) is 4. The predicted octanol–water partition coefficient (Wildman–Crippen LogP) is 2.27. The molecule has 0 spiro atoms. The van der Waals surface area contributed by atoms with Crippen LogP contribution in [0.4, 0.5) is 0 Å². The molecule has 7 heteroatoms. The van der Waals surface area contributed by atoms with E-state index in [0.29, 0.717) is 32.5 Å². The van der Waals surface area contributed by atoms with Crippen LogP contribution in [0, 0.1) is 19.8 Å². The summed E-state index contributed by atoms with van der Waals surface area (Å²) in [5.41, 5.74) is 2.75. The molecule has 3 fully saturated rings. The van der Waals surface area contributed by atoms with Crippen molar-refractivity contribution in [2.75, 3.05) is 13.1 Å². The van der Waals surface area contributed by atoms with Crippen molar-refractivity contribution in [3.05, 3.63) is 47.1 Å². The third kappa shape index (κ3) is 3.66. The van der Waals surface area contributed by atoms with Crippen molar-refractivity contribution in [3.63, 3.8) is 0 Å². The van der Waals surface area contributed by atoms with Gasteiger partial charge in [0.05, 0.1) is 23.9 Å². The highest BCUT2D eigenvalue weighted by Gasteiger charge is 2.41.